The first-order valence-corrected chi connectivity index (χ1v) is 9.30. The third kappa shape index (κ3) is 21.9. The van der Waals surface area contributed by atoms with Crippen LogP contribution in [0.1, 0.15) is 104 Å². The smallest absolute Gasteiger partial charge is 0.222 e. The van der Waals surface area contributed by atoms with Crippen molar-refractivity contribution in [3.63, 3.8) is 0 Å². The monoisotopic (exact) mass is 299 g/mol. The van der Waals surface area contributed by atoms with Crippen LogP contribution in [0.15, 0.2) is 0 Å². The standard InChI is InChI=1S/C16H33NO.C3H8/c1-4-5-6-7-8-9-10-11-12-13-14-15-16(18)17(2)3;1-3-2/h4-15H2,1-3H3;3H2,1-2H3. The Hall–Kier alpha value is -0.530. The van der Waals surface area contributed by atoms with Crippen molar-refractivity contribution in [2.45, 2.75) is 104 Å². The van der Waals surface area contributed by atoms with Crippen LogP contribution >= 0.6 is 0 Å². The molecule has 0 N–H and O–H groups in total. The van der Waals surface area contributed by atoms with Crippen molar-refractivity contribution in [2.75, 3.05) is 14.1 Å². The number of carbonyl (C=O) groups excluding carboxylic acids is 1. The van der Waals surface area contributed by atoms with Crippen molar-refractivity contribution in [2.24, 2.45) is 0 Å². The maximum Gasteiger partial charge on any atom is 0.222 e. The van der Waals surface area contributed by atoms with Crippen molar-refractivity contribution < 1.29 is 4.79 Å². The molecule has 0 aromatic rings. The van der Waals surface area contributed by atoms with Crippen molar-refractivity contribution >= 4 is 5.91 Å². The lowest BCUT2D eigenvalue weighted by molar-refractivity contribution is -0.128. The van der Waals surface area contributed by atoms with Gasteiger partial charge in [0, 0.05) is 20.5 Å². The van der Waals surface area contributed by atoms with Gasteiger partial charge in [-0.05, 0) is 6.42 Å². The topological polar surface area (TPSA) is 20.3 Å². The van der Waals surface area contributed by atoms with Crippen molar-refractivity contribution in [3.8, 4) is 0 Å². The molecule has 0 aliphatic rings. The van der Waals surface area contributed by atoms with Crippen LogP contribution in [0.2, 0.25) is 0 Å². The molecule has 0 bridgehead atoms. The van der Waals surface area contributed by atoms with Crippen LogP contribution < -0.4 is 0 Å². The highest BCUT2D eigenvalue weighted by molar-refractivity contribution is 5.75. The van der Waals surface area contributed by atoms with Crippen LogP contribution in [-0.2, 0) is 4.79 Å². The average Bonchev–Trinajstić information content (AvgIpc) is 2.45. The summed E-state index contributed by atoms with van der Waals surface area (Å²) >= 11 is 0. The molecule has 0 radical (unpaired) electrons. The van der Waals surface area contributed by atoms with Gasteiger partial charge in [-0.25, -0.2) is 0 Å². The van der Waals surface area contributed by atoms with Crippen LogP contribution in [0.25, 0.3) is 0 Å². The fourth-order valence-electron chi connectivity index (χ4n) is 2.16. The number of nitrogens with zero attached hydrogens (tertiary/aromatic N) is 1. The second-order valence-electron chi connectivity index (χ2n) is 6.28. The van der Waals surface area contributed by atoms with Gasteiger partial charge < -0.3 is 4.90 Å². The fourth-order valence-corrected chi connectivity index (χ4v) is 2.16. The maximum absolute atomic E-state index is 11.3. The molecule has 0 atom stereocenters. The number of hydrogen-bond donors (Lipinski definition) is 0. The number of carbonyl (C=O) groups is 1. The molecule has 0 spiro atoms. The van der Waals surface area contributed by atoms with E-state index in [1.807, 2.05) is 14.1 Å². The first-order chi connectivity index (χ1) is 10.1. The molecule has 0 aromatic heterocycles. The lowest BCUT2D eigenvalue weighted by Crippen LogP contribution is -2.20. The van der Waals surface area contributed by atoms with Gasteiger partial charge in [-0.2, -0.15) is 0 Å². The molecule has 2 heteroatoms. The van der Waals surface area contributed by atoms with Crippen molar-refractivity contribution in [1.82, 2.24) is 4.90 Å². The van der Waals surface area contributed by atoms with Crippen molar-refractivity contribution in [1.29, 1.82) is 0 Å². The van der Waals surface area contributed by atoms with Gasteiger partial charge in [-0.1, -0.05) is 91.4 Å². The zero-order valence-electron chi connectivity index (χ0n) is 15.5. The summed E-state index contributed by atoms with van der Waals surface area (Å²) in [5, 5.41) is 0. The number of unbranched alkanes of at least 4 members (excludes halogenated alkanes) is 10. The number of amides is 1. The summed E-state index contributed by atoms with van der Waals surface area (Å²) in [6.07, 6.45) is 16.7. The Morgan fingerprint density at radius 2 is 1.00 bits per heavy atom. The summed E-state index contributed by atoms with van der Waals surface area (Å²) in [5.74, 6) is 0.269. The van der Waals surface area contributed by atoms with Gasteiger partial charge in [-0.3, -0.25) is 4.79 Å². The van der Waals surface area contributed by atoms with Gasteiger partial charge in [0.25, 0.3) is 0 Å². The second kappa shape index (κ2) is 19.5. The molecule has 0 rings (SSSR count). The lowest BCUT2D eigenvalue weighted by atomic mass is 10.1. The predicted octanol–water partition coefficient (Wildman–Crippen LogP) is 6.19. The predicted molar refractivity (Wildman–Crippen MR) is 95.7 cm³/mol. The summed E-state index contributed by atoms with van der Waals surface area (Å²) in [4.78, 5) is 13.0. The molecule has 0 fully saturated rings. The van der Waals surface area contributed by atoms with Gasteiger partial charge in [0.15, 0.2) is 0 Å². The second-order valence-corrected chi connectivity index (χ2v) is 6.28. The zero-order valence-corrected chi connectivity index (χ0v) is 15.5. The van der Waals surface area contributed by atoms with E-state index in [2.05, 4.69) is 20.8 Å². The minimum atomic E-state index is 0.269. The van der Waals surface area contributed by atoms with Gasteiger partial charge in [0.2, 0.25) is 5.91 Å². The Bertz CT molecular complexity index is 202. The molecule has 0 saturated carbocycles. The highest BCUT2D eigenvalue weighted by atomic mass is 16.2. The summed E-state index contributed by atoms with van der Waals surface area (Å²) in [7, 11) is 3.67. The third-order valence-electron chi connectivity index (χ3n) is 3.49. The molecule has 0 saturated heterocycles. The third-order valence-corrected chi connectivity index (χ3v) is 3.49. The summed E-state index contributed by atoms with van der Waals surface area (Å²) in [6.45, 7) is 6.51. The molecule has 1 amide bonds. The van der Waals surface area contributed by atoms with E-state index in [1.54, 1.807) is 4.90 Å². The number of rotatable bonds is 12. The highest BCUT2D eigenvalue weighted by Gasteiger charge is 2.02. The fraction of sp³-hybridized carbons (Fsp3) is 0.947. The Morgan fingerprint density at radius 3 is 1.33 bits per heavy atom. The van der Waals surface area contributed by atoms with E-state index >= 15 is 0 Å². The van der Waals surface area contributed by atoms with Gasteiger partial charge in [0.1, 0.15) is 0 Å². The van der Waals surface area contributed by atoms with Crippen LogP contribution in [0.5, 0.6) is 0 Å². The summed E-state index contributed by atoms with van der Waals surface area (Å²) < 4.78 is 0. The van der Waals surface area contributed by atoms with Crippen LogP contribution in [-0.4, -0.2) is 24.9 Å². The van der Waals surface area contributed by atoms with E-state index < -0.39 is 0 Å². The highest BCUT2D eigenvalue weighted by Crippen LogP contribution is 2.12. The largest absolute Gasteiger partial charge is 0.349 e. The lowest BCUT2D eigenvalue weighted by Gasteiger charge is -2.09. The maximum atomic E-state index is 11.3. The Balaban J connectivity index is 0. The first-order valence-electron chi connectivity index (χ1n) is 9.30. The van der Waals surface area contributed by atoms with Gasteiger partial charge >= 0.3 is 0 Å². The minimum Gasteiger partial charge on any atom is -0.349 e. The molecule has 0 unspecified atom stereocenters. The van der Waals surface area contributed by atoms with E-state index in [-0.39, 0.29) is 5.91 Å². The molecule has 0 aliphatic heterocycles. The van der Waals surface area contributed by atoms with E-state index in [9.17, 15) is 4.79 Å². The molecule has 2 nitrogen and oxygen atoms in total. The van der Waals surface area contributed by atoms with E-state index in [0.29, 0.717) is 0 Å². The number of hydrogen-bond acceptors (Lipinski definition) is 1. The Kier molecular flexibility index (Phi) is 21.1. The Morgan fingerprint density at radius 1 is 0.667 bits per heavy atom. The van der Waals surface area contributed by atoms with Crippen LogP contribution in [0, 0.1) is 0 Å². The molecular formula is C19H41NO. The molecule has 128 valence electrons. The van der Waals surface area contributed by atoms with Crippen LogP contribution in [0.3, 0.4) is 0 Å². The van der Waals surface area contributed by atoms with Gasteiger partial charge in [-0.15, -0.1) is 0 Å². The summed E-state index contributed by atoms with van der Waals surface area (Å²) in [5.41, 5.74) is 0. The molecular weight excluding hydrogens is 258 g/mol. The van der Waals surface area contributed by atoms with Crippen molar-refractivity contribution in [3.05, 3.63) is 0 Å². The van der Waals surface area contributed by atoms with E-state index in [4.69, 9.17) is 0 Å². The molecule has 0 aliphatic carbocycles. The molecule has 0 heterocycles. The van der Waals surface area contributed by atoms with Gasteiger partial charge in [0.05, 0.1) is 0 Å². The normalized spacial score (nSPS) is 9.95. The first kappa shape index (κ1) is 22.7. The zero-order chi connectivity index (χ0) is 16.3. The summed E-state index contributed by atoms with van der Waals surface area (Å²) in [6, 6.07) is 0. The molecule has 21 heavy (non-hydrogen) atoms. The Labute approximate surface area is 134 Å². The van der Waals surface area contributed by atoms with E-state index in [0.717, 1.165) is 12.8 Å². The average molecular weight is 300 g/mol. The SMILES string of the molecule is CCC.CCCCCCCCCCCCCC(=O)N(C)C. The molecule has 0 aromatic carbocycles. The van der Waals surface area contributed by atoms with Crippen LogP contribution in [0.4, 0.5) is 0 Å². The van der Waals surface area contributed by atoms with E-state index in [1.165, 1.54) is 70.6 Å². The minimum absolute atomic E-state index is 0.269. The quantitative estimate of drug-likeness (QED) is 0.393.